The summed E-state index contributed by atoms with van der Waals surface area (Å²) in [6, 6.07) is 9.38. The molecule has 2 heterocycles. The van der Waals surface area contributed by atoms with Gasteiger partial charge in [0.05, 0.1) is 39.3 Å². The molecule has 3 N–H and O–H groups in total. The molecule has 3 rings (SSSR count). The number of rotatable bonds is 7. The van der Waals surface area contributed by atoms with Crippen LogP contribution in [0.3, 0.4) is 0 Å². The van der Waals surface area contributed by atoms with Crippen LogP contribution >= 0.6 is 35.3 Å². The molecule has 0 saturated carbocycles. The van der Waals surface area contributed by atoms with E-state index in [1.165, 1.54) is 11.3 Å². The van der Waals surface area contributed by atoms with E-state index in [1.54, 1.807) is 20.5 Å². The molecule has 3 aromatic rings. The number of nitrogens with one attached hydrogen (secondary N) is 1. The lowest BCUT2D eigenvalue weighted by molar-refractivity contribution is 0.354. The first-order valence-corrected chi connectivity index (χ1v) is 8.80. The van der Waals surface area contributed by atoms with Crippen LogP contribution in [0.1, 0.15) is 11.3 Å². The molecular weight excluding hydrogens is 479 g/mol. The zero-order valence-corrected chi connectivity index (χ0v) is 18.1. The van der Waals surface area contributed by atoms with Gasteiger partial charge in [0, 0.05) is 5.38 Å². The van der Waals surface area contributed by atoms with Gasteiger partial charge in [0.1, 0.15) is 0 Å². The molecule has 0 aliphatic heterocycles. The molecule has 0 spiro atoms. The van der Waals surface area contributed by atoms with Gasteiger partial charge in [-0.15, -0.1) is 35.3 Å². The number of methoxy groups -OCH3 is 2. The van der Waals surface area contributed by atoms with Crippen LogP contribution in [0.4, 0.5) is 0 Å². The number of hydrogen-bond donors (Lipinski definition) is 2. The van der Waals surface area contributed by atoms with Crippen LogP contribution in [0.25, 0.3) is 10.8 Å². The highest BCUT2D eigenvalue weighted by Crippen LogP contribution is 2.27. The van der Waals surface area contributed by atoms with E-state index in [-0.39, 0.29) is 24.0 Å². The molecule has 0 amide bonds. The van der Waals surface area contributed by atoms with Crippen molar-refractivity contribution in [2.45, 2.75) is 13.1 Å². The maximum Gasteiger partial charge on any atom is 0.189 e. The van der Waals surface area contributed by atoms with Crippen molar-refractivity contribution >= 4 is 41.3 Å². The lowest BCUT2D eigenvalue weighted by Gasteiger charge is -2.09. The fraction of sp³-hybridized carbons (Fsp3) is 0.222. The fourth-order valence-electron chi connectivity index (χ4n) is 2.29. The molecular formula is C18H21IN4O3S. The molecule has 0 unspecified atom stereocenters. The number of nitrogens with two attached hydrogens (primary N) is 1. The van der Waals surface area contributed by atoms with E-state index in [9.17, 15) is 0 Å². The van der Waals surface area contributed by atoms with Gasteiger partial charge < -0.3 is 24.9 Å². The Morgan fingerprint density at radius 3 is 2.78 bits per heavy atom. The minimum Gasteiger partial charge on any atom is -0.493 e. The van der Waals surface area contributed by atoms with Crippen LogP contribution < -0.4 is 20.5 Å². The molecule has 0 atom stereocenters. The maximum atomic E-state index is 5.94. The molecule has 0 radical (unpaired) electrons. The topological polar surface area (TPSA) is 94.9 Å². The van der Waals surface area contributed by atoms with E-state index in [1.807, 2.05) is 35.7 Å². The third-order valence-electron chi connectivity index (χ3n) is 3.61. The summed E-state index contributed by atoms with van der Waals surface area (Å²) in [5, 5.41) is 5.87. The Hall–Kier alpha value is -2.27. The molecule has 144 valence electrons. The van der Waals surface area contributed by atoms with E-state index in [0.717, 1.165) is 22.0 Å². The Morgan fingerprint density at radius 1 is 1.26 bits per heavy atom. The van der Waals surface area contributed by atoms with Gasteiger partial charge in [-0.3, -0.25) is 0 Å². The van der Waals surface area contributed by atoms with Gasteiger partial charge in [0.2, 0.25) is 0 Å². The average molecular weight is 500 g/mol. The van der Waals surface area contributed by atoms with Crippen LogP contribution in [0.5, 0.6) is 11.5 Å². The van der Waals surface area contributed by atoms with Crippen LogP contribution in [0.15, 0.2) is 51.4 Å². The third kappa shape index (κ3) is 5.60. The zero-order valence-electron chi connectivity index (χ0n) is 15.0. The minimum atomic E-state index is 0. The van der Waals surface area contributed by atoms with E-state index in [0.29, 0.717) is 30.5 Å². The molecule has 7 nitrogen and oxygen atoms in total. The summed E-state index contributed by atoms with van der Waals surface area (Å²) in [6.45, 7) is 0.937. The molecule has 2 aromatic heterocycles. The molecule has 0 fully saturated rings. The summed E-state index contributed by atoms with van der Waals surface area (Å²) in [5.74, 6) is 2.46. The number of benzene rings is 1. The van der Waals surface area contributed by atoms with Crippen LogP contribution in [-0.2, 0) is 13.1 Å². The minimum absolute atomic E-state index is 0. The largest absolute Gasteiger partial charge is 0.493 e. The van der Waals surface area contributed by atoms with Gasteiger partial charge in [0.15, 0.2) is 28.2 Å². The Labute approximate surface area is 178 Å². The normalized spacial score (nSPS) is 11.0. The highest BCUT2D eigenvalue weighted by molar-refractivity contribution is 14.0. The molecule has 0 bridgehead atoms. The van der Waals surface area contributed by atoms with Crippen LogP contribution in [-0.4, -0.2) is 25.2 Å². The number of hydrogen-bond acceptors (Lipinski definition) is 6. The standard InChI is InChI=1S/C18H20N4O3S.HI/c1-23-14-6-5-12(8-16(14)24-2)9-20-18(19)21-10-13-11-26-17(22-13)15-4-3-7-25-15;/h3-8,11H,9-10H2,1-2H3,(H3,19,20,21);1H. The monoisotopic (exact) mass is 500 g/mol. The zero-order chi connectivity index (χ0) is 18.4. The number of ether oxygens (including phenoxy) is 2. The predicted octanol–water partition coefficient (Wildman–Crippen LogP) is 3.64. The second-order valence-corrected chi connectivity index (χ2v) is 6.22. The summed E-state index contributed by atoms with van der Waals surface area (Å²) in [5.41, 5.74) is 7.79. The smallest absolute Gasteiger partial charge is 0.189 e. The molecule has 0 aliphatic rings. The van der Waals surface area contributed by atoms with Crippen molar-refractivity contribution < 1.29 is 13.9 Å². The van der Waals surface area contributed by atoms with Crippen molar-refractivity contribution in [2.24, 2.45) is 10.7 Å². The van der Waals surface area contributed by atoms with E-state index < -0.39 is 0 Å². The number of aromatic nitrogens is 1. The predicted molar refractivity (Wildman–Crippen MR) is 117 cm³/mol. The first kappa shape index (κ1) is 21.0. The van der Waals surface area contributed by atoms with Crippen molar-refractivity contribution in [1.29, 1.82) is 0 Å². The van der Waals surface area contributed by atoms with E-state index >= 15 is 0 Å². The van der Waals surface area contributed by atoms with Gasteiger partial charge in [-0.2, -0.15) is 0 Å². The molecule has 0 saturated heterocycles. The van der Waals surface area contributed by atoms with Crippen molar-refractivity contribution in [3.8, 4) is 22.3 Å². The number of furan rings is 1. The van der Waals surface area contributed by atoms with Gasteiger partial charge in [0.25, 0.3) is 0 Å². The number of aliphatic imine (C=N–C) groups is 1. The van der Waals surface area contributed by atoms with Crippen LogP contribution in [0.2, 0.25) is 0 Å². The Morgan fingerprint density at radius 2 is 2.07 bits per heavy atom. The summed E-state index contributed by atoms with van der Waals surface area (Å²) in [7, 11) is 3.21. The Balaban J connectivity index is 0.00000261. The van der Waals surface area contributed by atoms with Gasteiger partial charge >= 0.3 is 0 Å². The second kappa shape index (κ2) is 10.2. The summed E-state index contributed by atoms with van der Waals surface area (Å²) in [6.07, 6.45) is 1.63. The van der Waals surface area contributed by atoms with Crippen molar-refractivity contribution in [3.05, 3.63) is 53.2 Å². The fourth-order valence-corrected chi connectivity index (χ4v) is 3.08. The number of nitrogens with zero attached hydrogens (tertiary/aromatic N) is 2. The van der Waals surface area contributed by atoms with Gasteiger partial charge in [-0.1, -0.05) is 6.07 Å². The highest BCUT2D eigenvalue weighted by Gasteiger charge is 2.07. The van der Waals surface area contributed by atoms with Crippen LogP contribution in [0, 0.1) is 0 Å². The van der Waals surface area contributed by atoms with E-state index in [4.69, 9.17) is 19.6 Å². The lowest BCUT2D eigenvalue weighted by Crippen LogP contribution is -2.31. The number of guanidine groups is 1. The summed E-state index contributed by atoms with van der Waals surface area (Å²) >= 11 is 1.53. The number of thiazole rings is 1. The third-order valence-corrected chi connectivity index (χ3v) is 4.52. The quantitative estimate of drug-likeness (QED) is 0.292. The highest BCUT2D eigenvalue weighted by atomic mass is 127. The van der Waals surface area contributed by atoms with Crippen molar-refractivity contribution in [2.75, 3.05) is 14.2 Å². The maximum absolute atomic E-state index is 5.94. The van der Waals surface area contributed by atoms with Gasteiger partial charge in [-0.25, -0.2) is 9.98 Å². The first-order chi connectivity index (χ1) is 12.7. The SMILES string of the molecule is COc1ccc(CN=C(N)NCc2csc(-c3ccco3)n2)cc1OC.I. The van der Waals surface area contributed by atoms with Crippen molar-refractivity contribution in [1.82, 2.24) is 10.3 Å². The van der Waals surface area contributed by atoms with Crippen molar-refractivity contribution in [3.63, 3.8) is 0 Å². The first-order valence-electron chi connectivity index (χ1n) is 7.92. The lowest BCUT2D eigenvalue weighted by atomic mass is 10.2. The Kier molecular flexibility index (Phi) is 7.92. The summed E-state index contributed by atoms with van der Waals surface area (Å²) < 4.78 is 15.9. The van der Waals surface area contributed by atoms with Gasteiger partial charge in [-0.05, 0) is 29.8 Å². The second-order valence-electron chi connectivity index (χ2n) is 5.37. The number of halogens is 1. The average Bonchev–Trinajstić information content (AvgIpc) is 3.35. The molecule has 0 aliphatic carbocycles. The molecule has 27 heavy (non-hydrogen) atoms. The molecule has 9 heteroatoms. The van der Waals surface area contributed by atoms with E-state index in [2.05, 4.69) is 15.3 Å². The summed E-state index contributed by atoms with van der Waals surface area (Å²) in [4.78, 5) is 8.85. The Bertz CT molecular complexity index is 881. The molecule has 1 aromatic carbocycles.